The fourth-order valence-electron chi connectivity index (χ4n) is 4.99. The topological polar surface area (TPSA) is 107 Å². The second-order valence-corrected chi connectivity index (χ2v) is 12.6. The van der Waals surface area contributed by atoms with E-state index in [1.807, 2.05) is 0 Å². The van der Waals surface area contributed by atoms with E-state index in [2.05, 4.69) is 38.2 Å². The van der Waals surface area contributed by atoms with Gasteiger partial charge in [-0.05, 0) is 70.6 Å². The van der Waals surface area contributed by atoms with E-state index in [4.69, 9.17) is 14.9 Å². The van der Waals surface area contributed by atoms with Crippen molar-refractivity contribution in [2.75, 3.05) is 13.2 Å². The molecule has 0 heterocycles. The SMILES string of the molecule is CCCCCCCC/C=C/CCCCCCCC(=O)OCC(O)CO.CCCCCCCC/C=C/CCCCCCCC(=O)[O-]. The van der Waals surface area contributed by atoms with Crippen molar-refractivity contribution in [1.82, 2.24) is 0 Å². The number of hydrogen-bond donors (Lipinski definition) is 2. The number of carboxylic acids is 1. The highest BCUT2D eigenvalue weighted by molar-refractivity contribution is 5.69. The molecule has 0 aromatic carbocycles. The van der Waals surface area contributed by atoms with Crippen LogP contribution in [0.25, 0.3) is 0 Å². The first-order valence-electron chi connectivity index (χ1n) is 18.9. The van der Waals surface area contributed by atoms with E-state index in [9.17, 15) is 14.7 Å². The molecule has 2 N–H and O–H groups in total. The highest BCUT2D eigenvalue weighted by atomic mass is 16.5. The lowest BCUT2D eigenvalue weighted by Gasteiger charge is -2.08. The first-order chi connectivity index (χ1) is 22.0. The number of unbranched alkanes of at least 4 members (excludes halogenated alkanes) is 22. The van der Waals surface area contributed by atoms with E-state index < -0.39 is 12.1 Å². The monoisotopic (exact) mass is 638 g/mol. The van der Waals surface area contributed by atoms with Crippen LogP contribution in [-0.2, 0) is 14.3 Å². The molecule has 0 aromatic rings. The number of carbonyl (C=O) groups excluding carboxylic acids is 2. The van der Waals surface area contributed by atoms with Crippen molar-refractivity contribution in [1.29, 1.82) is 0 Å². The number of hydrogen-bond acceptors (Lipinski definition) is 6. The van der Waals surface area contributed by atoms with Gasteiger partial charge in [-0.1, -0.05) is 141 Å². The standard InChI is InChI=1S/C21H40O4.C18H34O2/c1-2-3-4-5-6-7-8-9-10-11-12-13-14-15-16-17-21(24)25-19-20(23)18-22;1-2-3-4-5-6-7-8-9-10-11-12-13-14-15-16-17-18(19)20/h9-10,20,22-23H,2-8,11-19H2,1H3;9-10H,2-8,11-17H2,1H3,(H,19,20)/p-1/b2*10-9+. The first-order valence-corrected chi connectivity index (χ1v) is 18.9. The van der Waals surface area contributed by atoms with E-state index >= 15 is 0 Å². The average molecular weight is 638 g/mol. The van der Waals surface area contributed by atoms with Gasteiger partial charge in [0.2, 0.25) is 0 Å². The van der Waals surface area contributed by atoms with Crippen molar-refractivity contribution < 1.29 is 29.6 Å². The molecule has 0 saturated heterocycles. The Morgan fingerprint density at radius 1 is 0.556 bits per heavy atom. The molecule has 6 heteroatoms. The van der Waals surface area contributed by atoms with Gasteiger partial charge in [0.25, 0.3) is 0 Å². The van der Waals surface area contributed by atoms with Gasteiger partial charge in [-0.25, -0.2) is 0 Å². The number of allylic oxidation sites excluding steroid dienone is 4. The van der Waals surface area contributed by atoms with Crippen molar-refractivity contribution in [2.45, 2.75) is 200 Å². The summed E-state index contributed by atoms with van der Waals surface area (Å²) in [5, 5.41) is 27.9. The molecule has 266 valence electrons. The molecule has 0 aromatic heterocycles. The van der Waals surface area contributed by atoms with Crippen LogP contribution >= 0.6 is 0 Å². The Hall–Kier alpha value is -1.66. The Kier molecular flexibility index (Phi) is 40.8. The van der Waals surface area contributed by atoms with Crippen LogP contribution in [0.4, 0.5) is 0 Å². The highest BCUT2D eigenvalue weighted by Gasteiger charge is 2.07. The average Bonchev–Trinajstić information content (AvgIpc) is 3.03. The molecule has 1 unspecified atom stereocenters. The fourth-order valence-corrected chi connectivity index (χ4v) is 4.99. The normalized spacial score (nSPS) is 12.0. The summed E-state index contributed by atoms with van der Waals surface area (Å²) < 4.78 is 4.86. The molecule has 0 bridgehead atoms. The van der Waals surface area contributed by atoms with Crippen LogP contribution in [0.5, 0.6) is 0 Å². The highest BCUT2D eigenvalue weighted by Crippen LogP contribution is 2.11. The van der Waals surface area contributed by atoms with Gasteiger partial charge in [-0.2, -0.15) is 0 Å². The van der Waals surface area contributed by atoms with E-state index in [-0.39, 0.29) is 25.6 Å². The van der Waals surface area contributed by atoms with E-state index in [1.54, 1.807) is 0 Å². The van der Waals surface area contributed by atoms with Gasteiger partial charge in [0, 0.05) is 12.4 Å². The Morgan fingerprint density at radius 3 is 1.24 bits per heavy atom. The number of rotatable bonds is 33. The summed E-state index contributed by atoms with van der Waals surface area (Å²) >= 11 is 0. The van der Waals surface area contributed by atoms with Crippen LogP contribution in [-0.4, -0.2) is 41.5 Å². The Labute approximate surface area is 278 Å². The molecule has 0 radical (unpaired) electrons. The Bertz CT molecular complexity index is 660. The third-order valence-corrected chi connectivity index (χ3v) is 7.93. The van der Waals surface area contributed by atoms with Crippen LogP contribution < -0.4 is 5.11 Å². The number of aliphatic hydroxyl groups excluding tert-OH is 2. The van der Waals surface area contributed by atoms with Gasteiger partial charge in [-0.15, -0.1) is 0 Å². The van der Waals surface area contributed by atoms with Crippen LogP contribution in [0, 0.1) is 0 Å². The second kappa shape index (κ2) is 40.4. The van der Waals surface area contributed by atoms with Crippen molar-refractivity contribution in [3.8, 4) is 0 Å². The summed E-state index contributed by atoms with van der Waals surface area (Å²) in [6.45, 7) is 4.02. The van der Waals surface area contributed by atoms with Crippen molar-refractivity contribution >= 4 is 11.9 Å². The summed E-state index contributed by atoms with van der Waals surface area (Å²) in [6, 6.07) is 0. The van der Waals surface area contributed by atoms with Gasteiger partial charge < -0.3 is 24.9 Å². The number of aliphatic carboxylic acids is 1. The third kappa shape index (κ3) is 44.5. The molecular formula is C39H73O6-. The van der Waals surface area contributed by atoms with Gasteiger partial charge in [-0.3, -0.25) is 4.79 Å². The fraction of sp³-hybridized carbons (Fsp3) is 0.846. The molecule has 0 saturated carbocycles. The summed E-state index contributed by atoms with van der Waals surface area (Å²) in [5.74, 6) is -1.20. The minimum absolute atomic E-state index is 0.111. The summed E-state index contributed by atoms with van der Waals surface area (Å²) in [7, 11) is 0. The van der Waals surface area contributed by atoms with E-state index in [0.717, 1.165) is 44.9 Å². The molecule has 0 aliphatic heterocycles. The largest absolute Gasteiger partial charge is 0.550 e. The number of ether oxygens (including phenoxy) is 1. The lowest BCUT2D eigenvalue weighted by molar-refractivity contribution is -0.305. The zero-order valence-corrected chi connectivity index (χ0v) is 29.6. The number of carbonyl (C=O) groups is 2. The van der Waals surface area contributed by atoms with Gasteiger partial charge in [0.15, 0.2) is 0 Å². The van der Waals surface area contributed by atoms with Crippen molar-refractivity contribution in [3.05, 3.63) is 24.3 Å². The van der Waals surface area contributed by atoms with Crippen molar-refractivity contribution in [3.63, 3.8) is 0 Å². The molecule has 0 spiro atoms. The maximum atomic E-state index is 11.4. The first kappa shape index (κ1) is 45.5. The maximum Gasteiger partial charge on any atom is 0.305 e. The molecule has 0 aliphatic carbocycles. The van der Waals surface area contributed by atoms with Gasteiger partial charge in [0.05, 0.1) is 6.61 Å². The third-order valence-electron chi connectivity index (χ3n) is 7.93. The molecule has 0 aliphatic rings. The molecule has 6 nitrogen and oxygen atoms in total. The molecular weight excluding hydrogens is 564 g/mol. The van der Waals surface area contributed by atoms with E-state index in [1.165, 1.54) is 122 Å². The Balaban J connectivity index is 0. The number of aliphatic hydroxyl groups is 2. The van der Waals surface area contributed by atoms with Crippen LogP contribution in [0.3, 0.4) is 0 Å². The molecule has 0 amide bonds. The second-order valence-electron chi connectivity index (χ2n) is 12.6. The minimum atomic E-state index is -0.960. The Morgan fingerprint density at radius 2 is 0.889 bits per heavy atom. The zero-order chi connectivity index (χ0) is 33.5. The smallest absolute Gasteiger partial charge is 0.305 e. The maximum absolute atomic E-state index is 11.4. The minimum Gasteiger partial charge on any atom is -0.550 e. The van der Waals surface area contributed by atoms with E-state index in [0.29, 0.717) is 6.42 Å². The number of carboxylic acid groups (broad SMARTS) is 1. The molecule has 0 fully saturated rings. The van der Waals surface area contributed by atoms with Crippen LogP contribution in [0.2, 0.25) is 0 Å². The summed E-state index contributed by atoms with van der Waals surface area (Å²) in [6.07, 6.45) is 41.0. The lowest BCUT2D eigenvalue weighted by atomic mass is 10.1. The predicted molar refractivity (Wildman–Crippen MR) is 188 cm³/mol. The van der Waals surface area contributed by atoms with Crippen molar-refractivity contribution in [2.24, 2.45) is 0 Å². The molecule has 1 atom stereocenters. The van der Waals surface area contributed by atoms with Crippen LogP contribution in [0.15, 0.2) is 24.3 Å². The van der Waals surface area contributed by atoms with Gasteiger partial charge in [0.1, 0.15) is 12.7 Å². The lowest BCUT2D eigenvalue weighted by Crippen LogP contribution is -2.21. The summed E-state index contributed by atoms with van der Waals surface area (Å²) in [5.41, 5.74) is 0. The molecule has 45 heavy (non-hydrogen) atoms. The van der Waals surface area contributed by atoms with Crippen LogP contribution in [0.1, 0.15) is 194 Å². The predicted octanol–water partition coefficient (Wildman–Crippen LogP) is 9.69. The quantitative estimate of drug-likeness (QED) is 0.0421. The molecule has 0 rings (SSSR count). The number of esters is 1. The zero-order valence-electron chi connectivity index (χ0n) is 29.6. The van der Waals surface area contributed by atoms with Gasteiger partial charge >= 0.3 is 5.97 Å². The summed E-state index contributed by atoms with van der Waals surface area (Å²) in [4.78, 5) is 21.6.